The van der Waals surface area contributed by atoms with Crippen LogP contribution in [0.25, 0.3) is 110 Å². The van der Waals surface area contributed by atoms with Crippen LogP contribution in [0.3, 0.4) is 0 Å². The van der Waals surface area contributed by atoms with Crippen LogP contribution in [0.1, 0.15) is 5.56 Å². The Balaban J connectivity index is 1.02. The molecule has 2 aromatic heterocycles. The summed E-state index contributed by atoms with van der Waals surface area (Å²) in [6, 6.07) is 71.6. The Morgan fingerprint density at radius 1 is 0.274 bits per heavy atom. The molecule has 12 rings (SSSR count). The molecule has 0 unspecified atom stereocenters. The molecular weight excluding hydrogens is 770 g/mol. The molecule has 62 heavy (non-hydrogen) atoms. The number of hydrogen-bond acceptors (Lipinski definition) is 0. The van der Waals surface area contributed by atoms with E-state index in [2.05, 4.69) is 167 Å². The van der Waals surface area contributed by atoms with Gasteiger partial charge in [0, 0.05) is 32.9 Å². The lowest BCUT2D eigenvalue weighted by atomic mass is 9.86. The van der Waals surface area contributed by atoms with Crippen LogP contribution >= 0.6 is 0 Å². The van der Waals surface area contributed by atoms with Crippen LogP contribution < -0.4 is 0 Å². The van der Waals surface area contributed by atoms with Gasteiger partial charge in [0.2, 0.25) is 0 Å². The molecule has 0 amide bonds. The Morgan fingerprint density at radius 3 is 1.18 bits per heavy atom. The van der Waals surface area contributed by atoms with Gasteiger partial charge < -0.3 is 9.13 Å². The van der Waals surface area contributed by atoms with Gasteiger partial charge in [-0.25, -0.2) is 0 Å². The molecule has 0 aliphatic carbocycles. The minimum atomic E-state index is -4.48. The minimum absolute atomic E-state index is 0.552. The Morgan fingerprint density at radius 2 is 0.645 bits per heavy atom. The number of aromatic nitrogens is 2. The van der Waals surface area contributed by atoms with Crippen LogP contribution in [0.5, 0.6) is 0 Å². The quantitative estimate of drug-likeness (QED) is 0.153. The van der Waals surface area contributed by atoms with Gasteiger partial charge >= 0.3 is 6.18 Å². The van der Waals surface area contributed by atoms with Crippen LogP contribution in [-0.4, -0.2) is 9.13 Å². The fourth-order valence-electron chi connectivity index (χ4n) is 9.80. The summed E-state index contributed by atoms with van der Waals surface area (Å²) in [5.74, 6) is 0. The molecule has 0 radical (unpaired) electrons. The molecule has 0 saturated carbocycles. The van der Waals surface area contributed by atoms with E-state index in [4.69, 9.17) is 0 Å². The van der Waals surface area contributed by atoms with Crippen molar-refractivity contribution in [2.24, 2.45) is 0 Å². The van der Waals surface area contributed by atoms with Gasteiger partial charge in [0.25, 0.3) is 0 Å². The zero-order valence-corrected chi connectivity index (χ0v) is 33.2. The van der Waals surface area contributed by atoms with Crippen LogP contribution in [0.2, 0.25) is 0 Å². The smallest absolute Gasteiger partial charge is 0.309 e. The van der Waals surface area contributed by atoms with E-state index in [9.17, 15) is 13.2 Å². The zero-order chi connectivity index (χ0) is 41.5. The molecule has 12 aromatic rings. The van der Waals surface area contributed by atoms with E-state index >= 15 is 0 Å². The second kappa shape index (κ2) is 13.8. The highest BCUT2D eigenvalue weighted by molar-refractivity contribution is 6.21. The average molecular weight is 805 g/mol. The summed E-state index contributed by atoms with van der Waals surface area (Å²) in [5, 5.41) is 8.22. The van der Waals surface area contributed by atoms with Gasteiger partial charge in [-0.15, -0.1) is 0 Å². The van der Waals surface area contributed by atoms with E-state index < -0.39 is 11.7 Å². The highest BCUT2D eigenvalue weighted by atomic mass is 19.4. The molecule has 0 saturated heterocycles. The molecule has 2 nitrogen and oxygen atoms in total. The molecule has 0 spiro atoms. The SMILES string of the molecule is FC(F)(F)c1ccc2c(c1)c1cc(-c3ccc4c(c3)c3ccccc3n4-c3ccccc3)ccc1n2-c1ccc(-c2c3ccccc3c(-c3ccccc3)c3ccccc23)cc1. The van der Waals surface area contributed by atoms with Crippen molar-refractivity contribution < 1.29 is 13.2 Å². The van der Waals surface area contributed by atoms with E-state index in [1.807, 2.05) is 36.4 Å². The topological polar surface area (TPSA) is 9.86 Å². The number of rotatable bonds is 5. The van der Waals surface area contributed by atoms with E-state index in [0.29, 0.717) is 10.9 Å². The maximum atomic E-state index is 14.3. The first-order valence-corrected chi connectivity index (χ1v) is 20.7. The minimum Gasteiger partial charge on any atom is -0.309 e. The van der Waals surface area contributed by atoms with Crippen LogP contribution in [0.4, 0.5) is 13.2 Å². The van der Waals surface area contributed by atoms with Crippen molar-refractivity contribution in [3.8, 4) is 44.8 Å². The fraction of sp³-hybridized carbons (Fsp3) is 0.0175. The summed E-state index contributed by atoms with van der Waals surface area (Å²) < 4.78 is 47.4. The highest BCUT2D eigenvalue weighted by Crippen LogP contribution is 2.45. The summed E-state index contributed by atoms with van der Waals surface area (Å²) in [7, 11) is 0. The van der Waals surface area contributed by atoms with Gasteiger partial charge in [0.05, 0.1) is 27.6 Å². The van der Waals surface area contributed by atoms with Crippen LogP contribution in [0, 0.1) is 0 Å². The Hall–Kier alpha value is -7.89. The summed E-state index contributed by atoms with van der Waals surface area (Å²) in [6.45, 7) is 0. The summed E-state index contributed by atoms with van der Waals surface area (Å²) in [6.07, 6.45) is -4.48. The van der Waals surface area contributed by atoms with Crippen molar-refractivity contribution >= 4 is 65.2 Å². The maximum Gasteiger partial charge on any atom is 0.416 e. The first kappa shape index (κ1) is 36.0. The predicted octanol–water partition coefficient (Wildman–Crippen LogP) is 16.2. The van der Waals surface area contributed by atoms with Gasteiger partial charge in [-0.1, -0.05) is 140 Å². The third-order valence-electron chi connectivity index (χ3n) is 12.5. The monoisotopic (exact) mass is 804 g/mol. The number of fused-ring (bicyclic) bond motifs is 8. The molecule has 0 bridgehead atoms. The molecule has 2 heterocycles. The molecular formula is C57H35F3N2. The lowest BCUT2D eigenvalue weighted by molar-refractivity contribution is -0.137. The molecule has 0 aliphatic rings. The van der Waals surface area contributed by atoms with Gasteiger partial charge in [-0.2, -0.15) is 13.2 Å². The average Bonchev–Trinajstić information content (AvgIpc) is 3.83. The zero-order valence-electron chi connectivity index (χ0n) is 33.2. The van der Waals surface area contributed by atoms with Crippen LogP contribution in [0.15, 0.2) is 212 Å². The fourth-order valence-corrected chi connectivity index (χ4v) is 9.80. The van der Waals surface area contributed by atoms with E-state index in [0.717, 1.165) is 77.1 Å². The molecule has 5 heteroatoms. The van der Waals surface area contributed by atoms with Crippen molar-refractivity contribution in [2.45, 2.75) is 6.18 Å². The first-order valence-electron chi connectivity index (χ1n) is 20.7. The highest BCUT2D eigenvalue weighted by Gasteiger charge is 2.31. The van der Waals surface area contributed by atoms with Crippen molar-refractivity contribution in [3.63, 3.8) is 0 Å². The summed E-state index contributed by atoms with van der Waals surface area (Å²) >= 11 is 0. The van der Waals surface area contributed by atoms with Gasteiger partial charge in [-0.3, -0.25) is 0 Å². The van der Waals surface area contributed by atoms with Crippen molar-refractivity contribution in [3.05, 3.63) is 218 Å². The third-order valence-corrected chi connectivity index (χ3v) is 12.5. The number of benzene rings is 10. The van der Waals surface area contributed by atoms with Gasteiger partial charge in [0.1, 0.15) is 0 Å². The molecule has 0 atom stereocenters. The Labute approximate surface area is 355 Å². The molecule has 294 valence electrons. The standard InChI is InChI=1S/C57H35F3N2/c58-57(59,60)40-27-32-54-50(35-40)49-34-39(38-25-30-52-48(33-38)43-17-11-12-22-51(43)61(52)41-15-5-2-6-16-41)26-31-53(49)62(54)42-28-23-37(24-29-42)56-46-20-9-7-18-44(46)55(36-13-3-1-4-14-36)45-19-8-10-21-47(45)56/h1-35H. The van der Waals surface area contributed by atoms with Crippen molar-refractivity contribution in [2.75, 3.05) is 0 Å². The van der Waals surface area contributed by atoms with Gasteiger partial charge in [0.15, 0.2) is 0 Å². The summed E-state index contributed by atoms with van der Waals surface area (Å²) in [4.78, 5) is 0. The van der Waals surface area contributed by atoms with Crippen molar-refractivity contribution in [1.82, 2.24) is 9.13 Å². The predicted molar refractivity (Wildman–Crippen MR) is 251 cm³/mol. The second-order valence-corrected chi connectivity index (χ2v) is 16.0. The third kappa shape index (κ3) is 5.59. The van der Waals surface area contributed by atoms with Gasteiger partial charge in [-0.05, 0) is 128 Å². The molecule has 0 N–H and O–H groups in total. The molecule has 0 fully saturated rings. The Bertz CT molecular complexity index is 3650. The van der Waals surface area contributed by atoms with Crippen molar-refractivity contribution in [1.29, 1.82) is 0 Å². The second-order valence-electron chi connectivity index (χ2n) is 16.0. The maximum absolute atomic E-state index is 14.3. The van der Waals surface area contributed by atoms with E-state index in [-0.39, 0.29) is 0 Å². The van der Waals surface area contributed by atoms with Crippen LogP contribution in [-0.2, 0) is 6.18 Å². The first-order chi connectivity index (χ1) is 30.4. The normalized spacial score (nSPS) is 12.1. The number of halogens is 3. The van der Waals surface area contributed by atoms with E-state index in [1.165, 1.54) is 34.0 Å². The number of nitrogens with zero attached hydrogens (tertiary/aromatic N) is 2. The number of hydrogen-bond donors (Lipinski definition) is 0. The molecule has 0 aliphatic heterocycles. The lowest BCUT2D eigenvalue weighted by Crippen LogP contribution is -2.04. The largest absolute Gasteiger partial charge is 0.416 e. The number of alkyl halides is 3. The summed E-state index contributed by atoms with van der Waals surface area (Å²) in [5.41, 5.74) is 11.5. The Kier molecular flexibility index (Phi) is 8.03. The number of para-hydroxylation sites is 2. The van der Waals surface area contributed by atoms with E-state index in [1.54, 1.807) is 6.07 Å². The lowest BCUT2D eigenvalue weighted by Gasteiger charge is -2.18. The molecule has 10 aromatic carbocycles.